The van der Waals surface area contributed by atoms with Crippen molar-refractivity contribution < 1.29 is 14.3 Å². The number of carbonyl (C=O) groups excluding carboxylic acids is 1. The van der Waals surface area contributed by atoms with Crippen molar-refractivity contribution in [2.75, 3.05) is 26.3 Å². The topological polar surface area (TPSA) is 59.6 Å². The zero-order valence-corrected chi connectivity index (χ0v) is 13.3. The monoisotopic (exact) mass is 378 g/mol. The molecule has 0 aromatic heterocycles. The summed E-state index contributed by atoms with van der Waals surface area (Å²) in [6, 6.07) is 5.21. The van der Waals surface area contributed by atoms with Crippen LogP contribution in [0, 0.1) is 0 Å². The summed E-state index contributed by atoms with van der Waals surface area (Å²) >= 11 is 2.04. The van der Waals surface area contributed by atoms with E-state index in [1.54, 1.807) is 18.2 Å². The minimum Gasteiger partial charge on any atom is -0.490 e. The molecule has 0 saturated heterocycles. The molecule has 106 valence electrons. The van der Waals surface area contributed by atoms with Crippen LogP contribution >= 0.6 is 22.9 Å². The van der Waals surface area contributed by atoms with Gasteiger partial charge in [0.15, 0.2) is 11.5 Å². The van der Waals surface area contributed by atoms with Crippen LogP contribution in [0.5, 0.6) is 11.5 Å². The zero-order valence-electron chi connectivity index (χ0n) is 11.2. The van der Waals surface area contributed by atoms with Gasteiger partial charge in [0.2, 0.25) is 0 Å². The van der Waals surface area contributed by atoms with E-state index in [1.165, 1.54) is 0 Å². The molecule has 0 atom stereocenters. The van der Waals surface area contributed by atoms with Crippen molar-refractivity contribution >= 4 is 28.8 Å². The first-order valence-electron chi connectivity index (χ1n) is 6.24. The molecule has 0 bridgehead atoms. The number of nitrogens with one attached hydrogen (secondary N) is 2. The number of amides is 1. The summed E-state index contributed by atoms with van der Waals surface area (Å²) in [4.78, 5) is 11.9. The van der Waals surface area contributed by atoms with Gasteiger partial charge >= 0.3 is 0 Å². The molecule has 0 aliphatic heterocycles. The number of benzene rings is 1. The fourth-order valence-corrected chi connectivity index (χ4v) is 1.79. The Morgan fingerprint density at radius 1 is 1.16 bits per heavy atom. The van der Waals surface area contributed by atoms with E-state index in [2.05, 4.69) is 8.85 Å². The zero-order chi connectivity index (χ0) is 14.1. The lowest BCUT2D eigenvalue weighted by atomic mass is 10.2. The molecule has 0 aliphatic rings. The van der Waals surface area contributed by atoms with Crippen molar-refractivity contribution in [2.45, 2.75) is 13.8 Å². The van der Waals surface area contributed by atoms with Gasteiger partial charge in [0.25, 0.3) is 5.91 Å². The minimum atomic E-state index is -0.115. The molecule has 0 saturated carbocycles. The molecule has 6 heteroatoms. The maximum atomic E-state index is 11.9. The summed E-state index contributed by atoms with van der Waals surface area (Å²) in [6.07, 6.45) is 0. The normalized spacial score (nSPS) is 10.1. The van der Waals surface area contributed by atoms with E-state index in [9.17, 15) is 4.79 Å². The molecule has 2 N–H and O–H groups in total. The quantitative estimate of drug-likeness (QED) is 0.414. The third kappa shape index (κ3) is 5.23. The Balaban J connectivity index is 2.78. The maximum Gasteiger partial charge on any atom is 0.251 e. The molecular weight excluding hydrogens is 359 g/mol. The highest BCUT2D eigenvalue weighted by Gasteiger charge is 2.10. The van der Waals surface area contributed by atoms with Crippen LogP contribution in [0.15, 0.2) is 18.2 Å². The Hall–Kier alpha value is -1.02. The van der Waals surface area contributed by atoms with Crippen LogP contribution in [0.4, 0.5) is 0 Å². The fraction of sp³-hybridized carbons (Fsp3) is 0.462. The minimum absolute atomic E-state index is 0.115. The van der Waals surface area contributed by atoms with Gasteiger partial charge in [-0.15, -0.1) is 0 Å². The van der Waals surface area contributed by atoms with Gasteiger partial charge < -0.3 is 14.8 Å². The second kappa shape index (κ2) is 8.98. The Morgan fingerprint density at radius 2 is 1.84 bits per heavy atom. The largest absolute Gasteiger partial charge is 0.490 e. The SMILES string of the molecule is CCOc1ccc(C(=O)NCCNI)cc1OCC. The van der Waals surface area contributed by atoms with Gasteiger partial charge in [0.1, 0.15) is 0 Å². The van der Waals surface area contributed by atoms with Gasteiger partial charge in [-0.1, -0.05) is 0 Å². The summed E-state index contributed by atoms with van der Waals surface area (Å²) in [7, 11) is 0. The van der Waals surface area contributed by atoms with Gasteiger partial charge in [-0.3, -0.25) is 8.32 Å². The molecule has 1 amide bonds. The smallest absolute Gasteiger partial charge is 0.251 e. The van der Waals surface area contributed by atoms with E-state index in [4.69, 9.17) is 9.47 Å². The second-order valence-electron chi connectivity index (χ2n) is 3.67. The van der Waals surface area contributed by atoms with Crippen LogP contribution in [-0.4, -0.2) is 32.2 Å². The van der Waals surface area contributed by atoms with Crippen LogP contribution in [0.25, 0.3) is 0 Å². The average molecular weight is 378 g/mol. The van der Waals surface area contributed by atoms with E-state index >= 15 is 0 Å². The van der Waals surface area contributed by atoms with Crippen molar-refractivity contribution in [3.05, 3.63) is 23.8 Å². The second-order valence-corrected chi connectivity index (χ2v) is 4.43. The van der Waals surface area contributed by atoms with Gasteiger partial charge in [0, 0.05) is 41.5 Å². The Kier molecular flexibility index (Phi) is 7.57. The van der Waals surface area contributed by atoms with Gasteiger partial charge in [-0.2, -0.15) is 0 Å². The fourth-order valence-electron chi connectivity index (χ4n) is 1.52. The van der Waals surface area contributed by atoms with Crippen molar-refractivity contribution in [3.8, 4) is 11.5 Å². The molecule has 0 aliphatic carbocycles. The summed E-state index contributed by atoms with van der Waals surface area (Å²) in [5.74, 6) is 1.15. The predicted molar refractivity (Wildman–Crippen MR) is 83.1 cm³/mol. The highest BCUT2D eigenvalue weighted by atomic mass is 127. The van der Waals surface area contributed by atoms with E-state index < -0.39 is 0 Å². The third-order valence-corrected chi connectivity index (χ3v) is 2.85. The molecular formula is C13H19IN2O3. The van der Waals surface area contributed by atoms with Crippen molar-refractivity contribution in [2.24, 2.45) is 0 Å². The lowest BCUT2D eigenvalue weighted by Gasteiger charge is -2.12. The molecule has 0 spiro atoms. The van der Waals surface area contributed by atoms with Crippen LogP contribution in [0.3, 0.4) is 0 Å². The van der Waals surface area contributed by atoms with Crippen LogP contribution in [-0.2, 0) is 0 Å². The van der Waals surface area contributed by atoms with Gasteiger partial charge in [-0.25, -0.2) is 0 Å². The number of carbonyl (C=O) groups is 1. The standard InChI is InChI=1S/C13H19IN2O3/c1-3-18-11-6-5-10(9-12(11)19-4-2)13(17)15-7-8-16-14/h5-6,9,16H,3-4,7-8H2,1-2H3,(H,15,17). The maximum absolute atomic E-state index is 11.9. The number of rotatable bonds is 8. The Bertz CT molecular complexity index is 413. The van der Waals surface area contributed by atoms with E-state index in [-0.39, 0.29) is 5.91 Å². The lowest BCUT2D eigenvalue weighted by molar-refractivity contribution is 0.0954. The Morgan fingerprint density at radius 3 is 2.47 bits per heavy atom. The molecule has 0 fully saturated rings. The molecule has 0 radical (unpaired) electrons. The summed E-state index contributed by atoms with van der Waals surface area (Å²) < 4.78 is 13.9. The highest BCUT2D eigenvalue weighted by molar-refractivity contribution is 14.1. The Labute approximate surface area is 127 Å². The number of hydrogen-bond acceptors (Lipinski definition) is 4. The highest BCUT2D eigenvalue weighted by Crippen LogP contribution is 2.28. The molecule has 19 heavy (non-hydrogen) atoms. The number of halogens is 1. The summed E-state index contributed by atoms with van der Waals surface area (Å²) in [5.41, 5.74) is 0.570. The molecule has 1 aromatic carbocycles. The molecule has 5 nitrogen and oxygen atoms in total. The number of ether oxygens (including phenoxy) is 2. The molecule has 1 rings (SSSR count). The first kappa shape index (κ1) is 16.0. The lowest BCUT2D eigenvalue weighted by Crippen LogP contribution is -2.29. The van der Waals surface area contributed by atoms with Crippen molar-refractivity contribution in [1.82, 2.24) is 8.85 Å². The number of hydrogen-bond donors (Lipinski definition) is 2. The molecule has 1 aromatic rings. The van der Waals surface area contributed by atoms with E-state index in [0.717, 1.165) is 6.54 Å². The molecule has 0 heterocycles. The average Bonchev–Trinajstić information content (AvgIpc) is 2.41. The summed E-state index contributed by atoms with van der Waals surface area (Å²) in [6.45, 7) is 6.21. The molecule has 0 unspecified atom stereocenters. The summed E-state index contributed by atoms with van der Waals surface area (Å²) in [5, 5.41) is 2.82. The van der Waals surface area contributed by atoms with Crippen LogP contribution < -0.4 is 18.3 Å². The van der Waals surface area contributed by atoms with Gasteiger partial charge in [0.05, 0.1) is 13.2 Å². The van der Waals surface area contributed by atoms with Crippen LogP contribution in [0.1, 0.15) is 24.2 Å². The van der Waals surface area contributed by atoms with Gasteiger partial charge in [-0.05, 0) is 32.0 Å². The first-order valence-corrected chi connectivity index (χ1v) is 7.32. The van der Waals surface area contributed by atoms with Crippen molar-refractivity contribution in [3.63, 3.8) is 0 Å². The first-order chi connectivity index (χ1) is 9.22. The predicted octanol–water partition coefficient (Wildman–Crippen LogP) is 2.15. The van der Waals surface area contributed by atoms with Crippen LogP contribution in [0.2, 0.25) is 0 Å². The third-order valence-electron chi connectivity index (χ3n) is 2.31. The van der Waals surface area contributed by atoms with E-state index in [1.807, 2.05) is 36.7 Å². The van der Waals surface area contributed by atoms with E-state index in [0.29, 0.717) is 36.8 Å². The van der Waals surface area contributed by atoms with Crippen molar-refractivity contribution in [1.29, 1.82) is 0 Å².